The van der Waals surface area contributed by atoms with Crippen LogP contribution in [0.1, 0.15) is 25.2 Å². The fourth-order valence-corrected chi connectivity index (χ4v) is 2.82. The lowest BCUT2D eigenvalue weighted by atomic mass is 10.2. The van der Waals surface area contributed by atoms with Gasteiger partial charge >= 0.3 is 0 Å². The smallest absolute Gasteiger partial charge is 0.163 e. The van der Waals surface area contributed by atoms with Gasteiger partial charge in [-0.3, -0.25) is 0 Å². The van der Waals surface area contributed by atoms with E-state index in [0.717, 1.165) is 34.9 Å². The third-order valence-corrected chi connectivity index (χ3v) is 3.86. The molecule has 0 saturated carbocycles. The van der Waals surface area contributed by atoms with Crippen molar-refractivity contribution < 1.29 is 9.47 Å². The lowest BCUT2D eigenvalue weighted by Gasteiger charge is -2.12. The van der Waals surface area contributed by atoms with E-state index in [1.54, 1.807) is 0 Å². The predicted octanol–water partition coefficient (Wildman–Crippen LogP) is 3.34. The zero-order valence-corrected chi connectivity index (χ0v) is 14.2. The number of aromatic nitrogens is 2. The van der Waals surface area contributed by atoms with Crippen LogP contribution in [0.2, 0.25) is 0 Å². The second-order valence-corrected chi connectivity index (χ2v) is 5.46. The van der Waals surface area contributed by atoms with Crippen LogP contribution in [0.5, 0.6) is 11.5 Å². The van der Waals surface area contributed by atoms with E-state index >= 15 is 0 Å². The van der Waals surface area contributed by atoms with Gasteiger partial charge in [0.2, 0.25) is 0 Å². The molecule has 1 aromatic heterocycles. The molecule has 2 N–H and O–H groups in total. The number of hydrogen-bond donors (Lipinski definition) is 1. The van der Waals surface area contributed by atoms with Gasteiger partial charge in [0.05, 0.1) is 30.8 Å². The van der Waals surface area contributed by atoms with Crippen LogP contribution in [0.15, 0.2) is 42.5 Å². The van der Waals surface area contributed by atoms with Crippen molar-refractivity contribution in [1.82, 2.24) is 9.55 Å². The average molecular weight is 325 g/mol. The molecule has 3 aromatic rings. The summed E-state index contributed by atoms with van der Waals surface area (Å²) >= 11 is 0. The Labute approximate surface area is 142 Å². The van der Waals surface area contributed by atoms with Crippen molar-refractivity contribution in [2.45, 2.75) is 26.9 Å². The van der Waals surface area contributed by atoms with Crippen LogP contribution in [0, 0.1) is 0 Å². The molecule has 0 atom stereocenters. The molecule has 5 heteroatoms. The largest absolute Gasteiger partial charge is 0.490 e. The van der Waals surface area contributed by atoms with Crippen molar-refractivity contribution in [3.63, 3.8) is 0 Å². The normalized spacial score (nSPS) is 11.0. The first-order valence-electron chi connectivity index (χ1n) is 8.29. The Kier molecular flexibility index (Phi) is 5.01. The number of nitrogens with zero attached hydrogens (tertiary/aromatic N) is 2. The van der Waals surface area contributed by atoms with E-state index in [1.807, 2.05) is 44.2 Å². The molecule has 0 amide bonds. The number of imidazole rings is 1. The Balaban J connectivity index is 2.11. The van der Waals surface area contributed by atoms with Gasteiger partial charge in [0.1, 0.15) is 5.82 Å². The van der Waals surface area contributed by atoms with E-state index in [-0.39, 0.29) is 0 Å². The summed E-state index contributed by atoms with van der Waals surface area (Å²) in [4.78, 5) is 4.67. The molecule has 0 bridgehead atoms. The summed E-state index contributed by atoms with van der Waals surface area (Å²) in [5.41, 5.74) is 9.00. The van der Waals surface area contributed by atoms with Gasteiger partial charge in [-0.2, -0.15) is 0 Å². The van der Waals surface area contributed by atoms with Gasteiger partial charge in [-0.15, -0.1) is 0 Å². The number of rotatable bonds is 7. The predicted molar refractivity (Wildman–Crippen MR) is 95.5 cm³/mol. The molecular formula is C19H23N3O2. The highest BCUT2D eigenvalue weighted by atomic mass is 16.5. The van der Waals surface area contributed by atoms with Gasteiger partial charge in [-0.05, 0) is 19.4 Å². The van der Waals surface area contributed by atoms with Gasteiger partial charge in [0.25, 0.3) is 0 Å². The number of fused-ring (bicyclic) bond motifs is 1. The Morgan fingerprint density at radius 3 is 2.29 bits per heavy atom. The molecule has 0 spiro atoms. The average Bonchev–Trinajstić information content (AvgIpc) is 2.93. The lowest BCUT2D eigenvalue weighted by Crippen LogP contribution is -2.09. The van der Waals surface area contributed by atoms with Crippen molar-refractivity contribution in [2.75, 3.05) is 13.2 Å². The molecule has 126 valence electrons. The molecule has 0 aliphatic carbocycles. The Morgan fingerprint density at radius 1 is 1.00 bits per heavy atom. The van der Waals surface area contributed by atoms with Crippen molar-refractivity contribution in [3.8, 4) is 11.5 Å². The van der Waals surface area contributed by atoms with Crippen LogP contribution in [0.25, 0.3) is 11.0 Å². The second-order valence-electron chi connectivity index (χ2n) is 5.46. The molecule has 1 heterocycles. The van der Waals surface area contributed by atoms with Gasteiger partial charge < -0.3 is 19.8 Å². The molecule has 3 rings (SSSR count). The van der Waals surface area contributed by atoms with Crippen LogP contribution in [-0.4, -0.2) is 22.8 Å². The van der Waals surface area contributed by atoms with Gasteiger partial charge in [0, 0.05) is 18.7 Å². The van der Waals surface area contributed by atoms with E-state index in [4.69, 9.17) is 15.2 Å². The Morgan fingerprint density at radius 2 is 1.67 bits per heavy atom. The van der Waals surface area contributed by atoms with E-state index in [0.29, 0.717) is 19.8 Å². The molecule has 0 aliphatic heterocycles. The van der Waals surface area contributed by atoms with Gasteiger partial charge in [-0.25, -0.2) is 4.98 Å². The highest BCUT2D eigenvalue weighted by molar-refractivity contribution is 5.80. The van der Waals surface area contributed by atoms with Crippen LogP contribution in [0.4, 0.5) is 0 Å². The number of ether oxygens (including phenoxy) is 2. The first-order chi connectivity index (χ1) is 11.8. The summed E-state index contributed by atoms with van der Waals surface area (Å²) in [6.07, 6.45) is 0. The Bertz CT molecular complexity index is 812. The highest BCUT2D eigenvalue weighted by Crippen LogP contribution is 2.33. The second kappa shape index (κ2) is 7.36. The van der Waals surface area contributed by atoms with Gasteiger partial charge in [-0.1, -0.05) is 30.3 Å². The maximum Gasteiger partial charge on any atom is 0.163 e. The van der Waals surface area contributed by atoms with Crippen molar-refractivity contribution in [2.24, 2.45) is 5.73 Å². The molecule has 2 aromatic carbocycles. The quantitative estimate of drug-likeness (QED) is 0.724. The van der Waals surface area contributed by atoms with Crippen LogP contribution in [-0.2, 0) is 13.1 Å². The number of benzene rings is 2. The minimum Gasteiger partial charge on any atom is -0.490 e. The molecule has 0 radical (unpaired) electrons. The zero-order chi connectivity index (χ0) is 16.9. The Hall–Kier alpha value is -2.53. The standard InChI is InChI=1S/C19H23N3O2/c1-3-23-17-10-15-16(11-18(17)24-4-2)22(19(12-20)21-15)13-14-8-6-5-7-9-14/h5-11H,3-4,12-13,20H2,1-2H3. The molecule has 0 unspecified atom stereocenters. The zero-order valence-electron chi connectivity index (χ0n) is 14.2. The maximum absolute atomic E-state index is 5.92. The first-order valence-corrected chi connectivity index (χ1v) is 8.29. The highest BCUT2D eigenvalue weighted by Gasteiger charge is 2.15. The molecule has 0 saturated heterocycles. The summed E-state index contributed by atoms with van der Waals surface area (Å²) in [6.45, 7) is 6.20. The molecule has 0 fully saturated rings. The van der Waals surface area contributed by atoms with Crippen molar-refractivity contribution in [3.05, 3.63) is 53.9 Å². The molecule has 5 nitrogen and oxygen atoms in total. The van der Waals surface area contributed by atoms with Gasteiger partial charge in [0.15, 0.2) is 11.5 Å². The first kappa shape index (κ1) is 16.3. The summed E-state index contributed by atoms with van der Waals surface area (Å²) in [5, 5.41) is 0. The van der Waals surface area contributed by atoms with E-state index in [9.17, 15) is 0 Å². The van der Waals surface area contributed by atoms with Crippen molar-refractivity contribution >= 4 is 11.0 Å². The fourth-order valence-electron chi connectivity index (χ4n) is 2.82. The monoisotopic (exact) mass is 325 g/mol. The minimum atomic E-state index is 0.384. The number of nitrogens with two attached hydrogens (primary N) is 1. The van der Waals surface area contributed by atoms with Crippen LogP contribution >= 0.6 is 0 Å². The van der Waals surface area contributed by atoms with Crippen molar-refractivity contribution in [1.29, 1.82) is 0 Å². The lowest BCUT2D eigenvalue weighted by molar-refractivity contribution is 0.288. The number of hydrogen-bond acceptors (Lipinski definition) is 4. The molecular weight excluding hydrogens is 302 g/mol. The van der Waals surface area contributed by atoms with E-state index < -0.39 is 0 Å². The summed E-state index contributed by atoms with van der Waals surface area (Å²) in [5.74, 6) is 2.31. The molecule has 0 aliphatic rings. The van der Waals surface area contributed by atoms with E-state index in [1.165, 1.54) is 5.56 Å². The maximum atomic E-state index is 5.92. The third-order valence-electron chi connectivity index (χ3n) is 3.86. The summed E-state index contributed by atoms with van der Waals surface area (Å²) in [6, 6.07) is 14.2. The minimum absolute atomic E-state index is 0.384. The summed E-state index contributed by atoms with van der Waals surface area (Å²) < 4.78 is 13.6. The third kappa shape index (κ3) is 3.21. The summed E-state index contributed by atoms with van der Waals surface area (Å²) in [7, 11) is 0. The fraction of sp³-hybridized carbons (Fsp3) is 0.316. The van der Waals surface area contributed by atoms with E-state index in [2.05, 4.69) is 21.7 Å². The van der Waals surface area contributed by atoms with Crippen LogP contribution < -0.4 is 15.2 Å². The SMILES string of the molecule is CCOc1cc2nc(CN)n(Cc3ccccc3)c2cc1OCC. The molecule has 24 heavy (non-hydrogen) atoms. The van der Waals surface area contributed by atoms with Crippen LogP contribution in [0.3, 0.4) is 0 Å². The topological polar surface area (TPSA) is 62.3 Å².